The van der Waals surface area contributed by atoms with Crippen LogP contribution in [0.25, 0.3) is 0 Å². The fraction of sp³-hybridized carbons (Fsp3) is 0.200. The number of nitrogens with one attached hydrogen (secondary N) is 1. The number of carbonyl (C=O) groups excluding carboxylic acids is 1. The number of hydrogen-bond donors (Lipinski definition) is 1. The number of hydrogen-bond acceptors (Lipinski definition) is 7. The van der Waals surface area contributed by atoms with Crippen molar-refractivity contribution in [2.24, 2.45) is 5.10 Å². The van der Waals surface area contributed by atoms with Gasteiger partial charge in [0.2, 0.25) is 5.75 Å². The molecular formula is C25H23ClF3N3O6S. The molecule has 1 amide bonds. The van der Waals surface area contributed by atoms with Crippen molar-refractivity contribution in [2.75, 3.05) is 32.2 Å². The minimum absolute atomic E-state index is 0.257. The largest absolute Gasteiger partial charge is 0.493 e. The van der Waals surface area contributed by atoms with Crippen LogP contribution in [0.1, 0.15) is 11.1 Å². The van der Waals surface area contributed by atoms with Gasteiger partial charge in [0.25, 0.3) is 15.9 Å². The van der Waals surface area contributed by atoms with Gasteiger partial charge in [-0.25, -0.2) is 13.8 Å². The van der Waals surface area contributed by atoms with E-state index in [0.717, 1.165) is 6.07 Å². The Balaban J connectivity index is 1.94. The molecule has 3 rings (SSSR count). The molecule has 0 saturated heterocycles. The maximum absolute atomic E-state index is 13.4. The van der Waals surface area contributed by atoms with Crippen LogP contribution in [0, 0.1) is 0 Å². The predicted octanol–water partition coefficient (Wildman–Crippen LogP) is 4.73. The van der Waals surface area contributed by atoms with Crippen molar-refractivity contribution in [3.05, 3.63) is 76.8 Å². The van der Waals surface area contributed by atoms with E-state index in [0.29, 0.717) is 39.2 Å². The van der Waals surface area contributed by atoms with E-state index in [1.807, 2.05) is 0 Å². The van der Waals surface area contributed by atoms with Crippen molar-refractivity contribution < 1.29 is 40.6 Å². The van der Waals surface area contributed by atoms with Gasteiger partial charge < -0.3 is 14.2 Å². The molecule has 0 aliphatic rings. The van der Waals surface area contributed by atoms with Gasteiger partial charge in [-0.2, -0.15) is 18.3 Å². The standard InChI is InChI=1S/C25H23ClF3N3O6S/c1-36-21-11-16(12-22(37-2)24(21)38-3)14-30-31-23(33)15-32(39(34,35)18-7-5-4-6-8-18)20-13-17(25(27,28)29)9-10-19(20)26/h4-14H,15H2,1-3H3,(H,31,33)/b30-14+. The SMILES string of the molecule is COc1cc(/C=N/NC(=O)CN(c2cc(C(F)(F)F)ccc2Cl)S(=O)(=O)c2ccccc2)cc(OC)c1OC. The lowest BCUT2D eigenvalue weighted by molar-refractivity contribution is -0.137. The number of hydrazone groups is 1. The van der Waals surface area contributed by atoms with Crippen LogP contribution >= 0.6 is 11.6 Å². The van der Waals surface area contributed by atoms with Crippen LogP contribution in [0.2, 0.25) is 5.02 Å². The van der Waals surface area contributed by atoms with Gasteiger partial charge in [-0.15, -0.1) is 0 Å². The summed E-state index contributed by atoms with van der Waals surface area (Å²) in [6.07, 6.45) is -3.55. The quantitative estimate of drug-likeness (QED) is 0.272. The maximum atomic E-state index is 13.4. The highest BCUT2D eigenvalue weighted by atomic mass is 35.5. The van der Waals surface area contributed by atoms with Crippen molar-refractivity contribution in [1.82, 2.24) is 5.43 Å². The van der Waals surface area contributed by atoms with Crippen LogP contribution in [-0.2, 0) is 21.0 Å². The number of methoxy groups -OCH3 is 3. The first-order valence-electron chi connectivity index (χ1n) is 11.0. The van der Waals surface area contributed by atoms with E-state index in [9.17, 15) is 26.4 Å². The van der Waals surface area contributed by atoms with Crippen LogP contribution in [0.3, 0.4) is 0 Å². The van der Waals surface area contributed by atoms with Crippen LogP contribution in [-0.4, -0.2) is 48.4 Å². The first-order chi connectivity index (χ1) is 18.4. The van der Waals surface area contributed by atoms with Crippen molar-refractivity contribution in [1.29, 1.82) is 0 Å². The highest BCUT2D eigenvalue weighted by Crippen LogP contribution is 2.38. The molecule has 0 fully saturated rings. The third kappa shape index (κ3) is 6.92. The molecule has 0 unspecified atom stereocenters. The van der Waals surface area contributed by atoms with Gasteiger partial charge in [0.1, 0.15) is 6.54 Å². The van der Waals surface area contributed by atoms with Crippen molar-refractivity contribution in [3.63, 3.8) is 0 Å². The van der Waals surface area contributed by atoms with E-state index in [2.05, 4.69) is 10.5 Å². The minimum atomic E-state index is -4.78. The maximum Gasteiger partial charge on any atom is 0.416 e. The second-order valence-electron chi connectivity index (χ2n) is 7.74. The number of anilines is 1. The Labute approximate surface area is 227 Å². The summed E-state index contributed by atoms with van der Waals surface area (Å²) in [7, 11) is -0.250. The molecule has 39 heavy (non-hydrogen) atoms. The van der Waals surface area contributed by atoms with E-state index in [1.54, 1.807) is 18.2 Å². The Morgan fingerprint density at radius 3 is 2.15 bits per heavy atom. The van der Waals surface area contributed by atoms with Gasteiger partial charge in [-0.1, -0.05) is 29.8 Å². The number of sulfonamides is 1. The van der Waals surface area contributed by atoms with Gasteiger partial charge in [0.05, 0.1) is 48.7 Å². The van der Waals surface area contributed by atoms with Crippen LogP contribution in [0.5, 0.6) is 17.2 Å². The fourth-order valence-corrected chi connectivity index (χ4v) is 5.14. The van der Waals surface area contributed by atoms with E-state index in [-0.39, 0.29) is 9.92 Å². The number of carbonyl (C=O) groups is 1. The summed E-state index contributed by atoms with van der Waals surface area (Å²) in [6.45, 7) is -0.926. The number of alkyl halides is 3. The van der Waals surface area contributed by atoms with Gasteiger partial charge in [0, 0.05) is 5.56 Å². The van der Waals surface area contributed by atoms with Crippen molar-refractivity contribution in [3.8, 4) is 17.2 Å². The fourth-order valence-electron chi connectivity index (χ4n) is 3.42. The molecule has 0 heterocycles. The van der Waals surface area contributed by atoms with Crippen molar-refractivity contribution in [2.45, 2.75) is 11.1 Å². The van der Waals surface area contributed by atoms with Gasteiger partial charge >= 0.3 is 6.18 Å². The lowest BCUT2D eigenvalue weighted by atomic mass is 10.2. The van der Waals surface area contributed by atoms with E-state index < -0.39 is 39.9 Å². The van der Waals surface area contributed by atoms with Crippen LogP contribution < -0.4 is 23.9 Å². The van der Waals surface area contributed by atoms with Crippen LogP contribution in [0.15, 0.2) is 70.7 Å². The molecule has 0 aromatic heterocycles. The number of benzene rings is 3. The zero-order valence-corrected chi connectivity index (χ0v) is 22.4. The lowest BCUT2D eigenvalue weighted by Gasteiger charge is -2.25. The highest BCUT2D eigenvalue weighted by molar-refractivity contribution is 7.92. The van der Waals surface area contributed by atoms with E-state index in [4.69, 9.17) is 25.8 Å². The molecule has 208 valence electrons. The first kappa shape index (κ1) is 29.6. The monoisotopic (exact) mass is 585 g/mol. The minimum Gasteiger partial charge on any atom is -0.493 e. The molecule has 0 aliphatic heterocycles. The Morgan fingerprint density at radius 1 is 1.00 bits per heavy atom. The number of amides is 1. The van der Waals surface area contributed by atoms with Gasteiger partial charge in [-0.05, 0) is 42.5 Å². The van der Waals surface area contributed by atoms with Gasteiger partial charge in [-0.3, -0.25) is 9.10 Å². The molecule has 0 aliphatic carbocycles. The summed E-state index contributed by atoms with van der Waals surface area (Å²) < 4.78 is 83.2. The molecule has 14 heteroatoms. The lowest BCUT2D eigenvalue weighted by Crippen LogP contribution is -2.40. The summed E-state index contributed by atoms with van der Waals surface area (Å²) in [5, 5.41) is 3.51. The molecule has 0 radical (unpaired) electrons. The zero-order chi connectivity index (χ0) is 28.8. The Kier molecular flexibility index (Phi) is 9.30. The number of nitrogens with zero attached hydrogens (tertiary/aromatic N) is 2. The molecule has 0 spiro atoms. The molecule has 3 aromatic rings. The first-order valence-corrected chi connectivity index (χ1v) is 12.8. The second-order valence-corrected chi connectivity index (χ2v) is 10.0. The normalized spacial score (nSPS) is 11.8. The molecular weight excluding hydrogens is 563 g/mol. The predicted molar refractivity (Wildman–Crippen MR) is 139 cm³/mol. The number of halogens is 4. The third-order valence-corrected chi connectivity index (χ3v) is 7.34. The molecule has 0 atom stereocenters. The number of rotatable bonds is 10. The molecule has 0 bridgehead atoms. The highest BCUT2D eigenvalue weighted by Gasteiger charge is 2.34. The van der Waals surface area contributed by atoms with E-state index in [1.165, 1.54) is 51.8 Å². The van der Waals surface area contributed by atoms with Crippen LogP contribution in [0.4, 0.5) is 18.9 Å². The molecule has 3 aromatic carbocycles. The smallest absolute Gasteiger partial charge is 0.416 e. The van der Waals surface area contributed by atoms with E-state index >= 15 is 0 Å². The topological polar surface area (TPSA) is 107 Å². The Morgan fingerprint density at radius 2 is 1.62 bits per heavy atom. The summed E-state index contributed by atoms with van der Waals surface area (Å²) in [6, 6.07) is 12.2. The molecule has 1 N–H and O–H groups in total. The summed E-state index contributed by atoms with van der Waals surface area (Å²) in [5.74, 6) is 0.0282. The average molecular weight is 586 g/mol. The van der Waals surface area contributed by atoms with Crippen molar-refractivity contribution >= 4 is 39.4 Å². The summed E-state index contributed by atoms with van der Waals surface area (Å²) in [5.41, 5.74) is 0.928. The summed E-state index contributed by atoms with van der Waals surface area (Å²) >= 11 is 6.12. The Bertz CT molecular complexity index is 1440. The molecule has 9 nitrogen and oxygen atoms in total. The molecule has 0 saturated carbocycles. The van der Waals surface area contributed by atoms with Gasteiger partial charge in [0.15, 0.2) is 11.5 Å². The Hall–Kier alpha value is -3.97. The third-order valence-electron chi connectivity index (χ3n) is 5.25. The average Bonchev–Trinajstić information content (AvgIpc) is 2.91. The number of ether oxygens (including phenoxy) is 3. The summed E-state index contributed by atoms with van der Waals surface area (Å²) in [4.78, 5) is 12.5. The second kappa shape index (κ2) is 12.3. The zero-order valence-electron chi connectivity index (χ0n) is 20.8.